The molecule has 0 bridgehead atoms. The van der Waals surface area contributed by atoms with Gasteiger partial charge in [0, 0.05) is 25.8 Å². The maximum Gasteiger partial charge on any atom is 0.128 e. The number of aliphatic hydroxyl groups is 1. The molecule has 1 saturated heterocycles. The predicted molar refractivity (Wildman–Crippen MR) is 98.0 cm³/mol. The molecule has 2 aromatic rings. The molecule has 0 radical (unpaired) electrons. The zero-order valence-electron chi connectivity index (χ0n) is 14.4. The molecule has 1 aromatic heterocycles. The first-order valence-electron chi connectivity index (χ1n) is 8.89. The van der Waals surface area contributed by atoms with Gasteiger partial charge in [0.25, 0.3) is 0 Å². The molecule has 1 aliphatic rings. The zero-order valence-corrected chi connectivity index (χ0v) is 14.4. The quantitative estimate of drug-likeness (QED) is 0.821. The summed E-state index contributed by atoms with van der Waals surface area (Å²) >= 11 is 0. The monoisotopic (exact) mass is 325 g/mol. The summed E-state index contributed by atoms with van der Waals surface area (Å²) in [6.45, 7) is 5.10. The molecule has 1 atom stereocenters. The first kappa shape index (κ1) is 16.9. The maximum absolute atomic E-state index is 10.0. The van der Waals surface area contributed by atoms with E-state index in [4.69, 9.17) is 0 Å². The number of anilines is 1. The molecule has 0 amide bonds. The zero-order chi connectivity index (χ0) is 16.8. The van der Waals surface area contributed by atoms with Crippen LogP contribution < -0.4 is 10.2 Å². The molecule has 1 aliphatic heterocycles. The lowest BCUT2D eigenvalue weighted by Crippen LogP contribution is -2.44. The number of nitrogens with zero attached hydrogens (tertiary/aromatic N) is 2. The molecule has 3 rings (SSSR count). The molecule has 24 heavy (non-hydrogen) atoms. The number of aliphatic hydroxyl groups excluding tert-OH is 1. The van der Waals surface area contributed by atoms with E-state index in [0.717, 1.165) is 36.5 Å². The van der Waals surface area contributed by atoms with Gasteiger partial charge in [0.1, 0.15) is 5.82 Å². The van der Waals surface area contributed by atoms with Gasteiger partial charge in [-0.25, -0.2) is 4.98 Å². The minimum absolute atomic E-state index is 0.0762. The Morgan fingerprint density at radius 3 is 2.46 bits per heavy atom. The number of nitrogens with one attached hydrogen (secondary N) is 1. The van der Waals surface area contributed by atoms with Crippen LogP contribution in [-0.4, -0.2) is 29.8 Å². The Balaban J connectivity index is 1.68. The van der Waals surface area contributed by atoms with Crippen molar-refractivity contribution in [2.45, 2.75) is 38.3 Å². The van der Waals surface area contributed by atoms with Crippen molar-refractivity contribution in [3.05, 3.63) is 59.8 Å². The lowest BCUT2D eigenvalue weighted by Gasteiger charge is -2.33. The number of benzene rings is 1. The molecule has 1 fully saturated rings. The van der Waals surface area contributed by atoms with Crippen LogP contribution in [-0.2, 0) is 12.1 Å². The topological polar surface area (TPSA) is 48.4 Å². The van der Waals surface area contributed by atoms with E-state index < -0.39 is 5.54 Å². The van der Waals surface area contributed by atoms with Crippen LogP contribution in [0.2, 0.25) is 0 Å². The Hall–Kier alpha value is -1.91. The lowest BCUT2D eigenvalue weighted by atomic mass is 9.88. The van der Waals surface area contributed by atoms with E-state index in [-0.39, 0.29) is 6.61 Å². The molecule has 1 unspecified atom stereocenters. The summed E-state index contributed by atoms with van der Waals surface area (Å²) in [6, 6.07) is 14.4. The summed E-state index contributed by atoms with van der Waals surface area (Å²) in [7, 11) is 0. The molecule has 0 saturated carbocycles. The van der Waals surface area contributed by atoms with Gasteiger partial charge in [-0.15, -0.1) is 0 Å². The van der Waals surface area contributed by atoms with E-state index in [1.54, 1.807) is 0 Å². The van der Waals surface area contributed by atoms with Crippen molar-refractivity contribution < 1.29 is 5.11 Å². The van der Waals surface area contributed by atoms with Gasteiger partial charge < -0.3 is 15.3 Å². The van der Waals surface area contributed by atoms with Crippen LogP contribution in [0.1, 0.15) is 37.3 Å². The van der Waals surface area contributed by atoms with E-state index in [1.807, 2.05) is 24.4 Å². The van der Waals surface area contributed by atoms with Gasteiger partial charge in [0.15, 0.2) is 0 Å². The fourth-order valence-electron chi connectivity index (χ4n) is 3.37. The fourth-order valence-corrected chi connectivity index (χ4v) is 3.37. The summed E-state index contributed by atoms with van der Waals surface area (Å²) < 4.78 is 0. The van der Waals surface area contributed by atoms with E-state index >= 15 is 0 Å². The average Bonchev–Trinajstić information content (AvgIpc) is 3.19. The molecule has 0 aliphatic carbocycles. The minimum Gasteiger partial charge on any atom is -0.394 e. The minimum atomic E-state index is -0.408. The van der Waals surface area contributed by atoms with Crippen LogP contribution in [0.4, 0.5) is 5.82 Å². The summed E-state index contributed by atoms with van der Waals surface area (Å²) in [5.41, 5.74) is 1.85. The van der Waals surface area contributed by atoms with Crippen molar-refractivity contribution in [1.29, 1.82) is 0 Å². The second kappa shape index (κ2) is 7.77. The summed E-state index contributed by atoms with van der Waals surface area (Å²) in [5, 5.41) is 13.6. The highest BCUT2D eigenvalue weighted by atomic mass is 16.3. The molecule has 128 valence electrons. The largest absolute Gasteiger partial charge is 0.394 e. The van der Waals surface area contributed by atoms with E-state index in [0.29, 0.717) is 6.54 Å². The highest BCUT2D eigenvalue weighted by Gasteiger charge is 2.28. The number of pyridine rings is 1. The number of aromatic nitrogens is 1. The third-order valence-corrected chi connectivity index (χ3v) is 5.07. The second-order valence-electron chi connectivity index (χ2n) is 6.53. The fraction of sp³-hybridized carbons (Fsp3) is 0.450. The van der Waals surface area contributed by atoms with Crippen molar-refractivity contribution >= 4 is 5.82 Å². The number of rotatable bonds is 7. The van der Waals surface area contributed by atoms with Crippen molar-refractivity contribution in [2.24, 2.45) is 0 Å². The third-order valence-electron chi connectivity index (χ3n) is 5.07. The third kappa shape index (κ3) is 3.60. The summed E-state index contributed by atoms with van der Waals surface area (Å²) in [5.74, 6) is 1.07. The van der Waals surface area contributed by atoms with Crippen molar-refractivity contribution in [3.63, 3.8) is 0 Å². The standard InChI is InChI=1S/C20H27N3O/c1-2-20(16-24,18-8-4-3-5-9-18)22-15-17-10-11-19(21-14-17)23-12-6-7-13-23/h3-5,8-11,14,22,24H,2,6-7,12-13,15-16H2,1H3. The van der Waals surface area contributed by atoms with Gasteiger partial charge in [-0.3, -0.25) is 0 Å². The highest BCUT2D eigenvalue weighted by molar-refractivity contribution is 5.40. The molecule has 2 heterocycles. The van der Waals surface area contributed by atoms with Crippen LogP contribution in [0, 0.1) is 0 Å². The Labute approximate surface area is 144 Å². The van der Waals surface area contributed by atoms with Crippen molar-refractivity contribution in [2.75, 3.05) is 24.6 Å². The molecule has 0 spiro atoms. The van der Waals surface area contributed by atoms with Gasteiger partial charge in [0.05, 0.1) is 12.1 Å². The smallest absolute Gasteiger partial charge is 0.128 e. The van der Waals surface area contributed by atoms with Crippen LogP contribution in [0.3, 0.4) is 0 Å². The van der Waals surface area contributed by atoms with Crippen LogP contribution in [0.5, 0.6) is 0 Å². The average molecular weight is 325 g/mol. The molecule has 4 nitrogen and oxygen atoms in total. The Bertz CT molecular complexity index is 617. The summed E-state index contributed by atoms with van der Waals surface area (Å²) in [6.07, 6.45) is 5.30. The Morgan fingerprint density at radius 1 is 1.12 bits per heavy atom. The SMILES string of the molecule is CCC(CO)(NCc1ccc(N2CCCC2)nc1)c1ccccc1. The van der Waals surface area contributed by atoms with E-state index in [9.17, 15) is 5.11 Å². The second-order valence-corrected chi connectivity index (χ2v) is 6.53. The Morgan fingerprint density at radius 2 is 1.88 bits per heavy atom. The van der Waals surface area contributed by atoms with Crippen molar-refractivity contribution in [3.8, 4) is 0 Å². The normalized spacial score (nSPS) is 17.0. The van der Waals surface area contributed by atoms with Crippen LogP contribution in [0.15, 0.2) is 48.7 Å². The molecule has 1 aromatic carbocycles. The van der Waals surface area contributed by atoms with Gasteiger partial charge in [-0.05, 0) is 36.5 Å². The highest BCUT2D eigenvalue weighted by Crippen LogP contribution is 2.25. The first-order chi connectivity index (χ1) is 11.8. The molecular formula is C20H27N3O. The van der Waals surface area contributed by atoms with Gasteiger partial charge in [-0.2, -0.15) is 0 Å². The maximum atomic E-state index is 10.0. The Kier molecular flexibility index (Phi) is 5.48. The lowest BCUT2D eigenvalue weighted by molar-refractivity contribution is 0.154. The predicted octanol–water partition coefficient (Wildman–Crippen LogP) is 3.07. The summed E-state index contributed by atoms with van der Waals surface area (Å²) in [4.78, 5) is 6.95. The van der Waals surface area contributed by atoms with Gasteiger partial charge in [-0.1, -0.05) is 43.3 Å². The van der Waals surface area contributed by atoms with Crippen molar-refractivity contribution in [1.82, 2.24) is 10.3 Å². The molecule has 2 N–H and O–H groups in total. The van der Waals surface area contributed by atoms with E-state index in [1.165, 1.54) is 12.8 Å². The van der Waals surface area contributed by atoms with Crippen LogP contribution in [0.25, 0.3) is 0 Å². The molecule has 4 heteroatoms. The number of hydrogen-bond acceptors (Lipinski definition) is 4. The van der Waals surface area contributed by atoms with Gasteiger partial charge >= 0.3 is 0 Å². The van der Waals surface area contributed by atoms with E-state index in [2.05, 4.69) is 46.4 Å². The number of hydrogen-bond donors (Lipinski definition) is 2. The van der Waals surface area contributed by atoms with Gasteiger partial charge in [0.2, 0.25) is 0 Å². The van der Waals surface area contributed by atoms with Crippen LogP contribution >= 0.6 is 0 Å². The first-order valence-corrected chi connectivity index (χ1v) is 8.89. The molecular weight excluding hydrogens is 298 g/mol.